The molecule has 0 saturated carbocycles. The maximum absolute atomic E-state index is 11.9. The first-order valence-corrected chi connectivity index (χ1v) is 6.81. The summed E-state index contributed by atoms with van der Waals surface area (Å²) < 4.78 is 0. The van der Waals surface area contributed by atoms with Gasteiger partial charge in [-0.15, -0.1) is 0 Å². The van der Waals surface area contributed by atoms with E-state index in [-0.39, 0.29) is 23.9 Å². The minimum atomic E-state index is 0.0214. The molecule has 5 nitrogen and oxygen atoms in total. The van der Waals surface area contributed by atoms with Gasteiger partial charge in [0.05, 0.1) is 0 Å². The smallest absolute Gasteiger partial charge is 0.222 e. The molecular formula is C13H25N3O2. The molecule has 0 radical (unpaired) electrons. The Morgan fingerprint density at radius 1 is 1.39 bits per heavy atom. The van der Waals surface area contributed by atoms with Gasteiger partial charge in [-0.2, -0.15) is 0 Å². The van der Waals surface area contributed by atoms with E-state index in [4.69, 9.17) is 5.73 Å². The summed E-state index contributed by atoms with van der Waals surface area (Å²) in [5, 5.41) is 2.82. The highest BCUT2D eigenvalue weighted by Gasteiger charge is 2.20. The molecule has 0 bridgehead atoms. The maximum atomic E-state index is 11.9. The van der Waals surface area contributed by atoms with E-state index in [1.165, 1.54) is 0 Å². The molecule has 1 fully saturated rings. The van der Waals surface area contributed by atoms with E-state index in [1.54, 1.807) is 0 Å². The van der Waals surface area contributed by atoms with Crippen LogP contribution in [0.1, 0.15) is 46.0 Å². The summed E-state index contributed by atoms with van der Waals surface area (Å²) in [5.74, 6) is 0.149. The van der Waals surface area contributed by atoms with Crippen molar-refractivity contribution in [3.8, 4) is 0 Å². The molecule has 0 spiro atoms. The zero-order valence-electron chi connectivity index (χ0n) is 11.4. The third kappa shape index (κ3) is 5.49. The van der Waals surface area contributed by atoms with E-state index in [2.05, 4.69) is 5.32 Å². The van der Waals surface area contributed by atoms with Gasteiger partial charge in [0.1, 0.15) is 0 Å². The van der Waals surface area contributed by atoms with Crippen molar-refractivity contribution in [2.45, 2.75) is 58.0 Å². The predicted octanol–water partition coefficient (Wildman–Crippen LogP) is 0.631. The monoisotopic (exact) mass is 255 g/mol. The SMILES string of the molecule is CC(C)NC(=O)CCCC(=O)N1CCCC(N)C1. The number of likely N-dealkylation sites (tertiary alicyclic amines) is 1. The Hall–Kier alpha value is -1.10. The molecule has 0 aromatic heterocycles. The Labute approximate surface area is 109 Å². The van der Waals surface area contributed by atoms with Crippen LogP contribution in [0.5, 0.6) is 0 Å². The second-order valence-electron chi connectivity index (χ2n) is 5.32. The second kappa shape index (κ2) is 7.36. The number of nitrogens with zero attached hydrogens (tertiary/aromatic N) is 1. The largest absolute Gasteiger partial charge is 0.354 e. The van der Waals surface area contributed by atoms with Crippen LogP contribution in [0.15, 0.2) is 0 Å². The Morgan fingerprint density at radius 3 is 2.72 bits per heavy atom. The van der Waals surface area contributed by atoms with Crippen LogP contribution in [0.3, 0.4) is 0 Å². The molecule has 1 unspecified atom stereocenters. The van der Waals surface area contributed by atoms with Gasteiger partial charge in [0.15, 0.2) is 0 Å². The lowest BCUT2D eigenvalue weighted by atomic mass is 10.1. The Morgan fingerprint density at radius 2 is 2.11 bits per heavy atom. The summed E-state index contributed by atoms with van der Waals surface area (Å²) >= 11 is 0. The van der Waals surface area contributed by atoms with Crippen LogP contribution < -0.4 is 11.1 Å². The summed E-state index contributed by atoms with van der Waals surface area (Å²) in [5.41, 5.74) is 5.84. The number of nitrogens with two attached hydrogens (primary N) is 1. The van der Waals surface area contributed by atoms with Crippen LogP contribution in [0.2, 0.25) is 0 Å². The first-order chi connectivity index (χ1) is 8.49. The molecule has 1 aliphatic heterocycles. The fourth-order valence-electron chi connectivity index (χ4n) is 2.19. The number of hydrogen-bond acceptors (Lipinski definition) is 3. The number of rotatable bonds is 5. The average molecular weight is 255 g/mol. The normalized spacial score (nSPS) is 20.0. The molecule has 3 N–H and O–H groups in total. The van der Waals surface area contributed by atoms with Gasteiger partial charge in [-0.25, -0.2) is 0 Å². The third-order valence-electron chi connectivity index (χ3n) is 3.05. The van der Waals surface area contributed by atoms with Crippen LogP contribution in [0.25, 0.3) is 0 Å². The molecule has 0 aromatic rings. The van der Waals surface area contributed by atoms with Crippen molar-refractivity contribution < 1.29 is 9.59 Å². The van der Waals surface area contributed by atoms with Crippen LogP contribution in [-0.4, -0.2) is 41.9 Å². The standard InChI is InChI=1S/C13H25N3O2/c1-10(2)15-12(17)6-3-7-13(18)16-8-4-5-11(14)9-16/h10-11H,3-9,14H2,1-2H3,(H,15,17). The summed E-state index contributed by atoms with van der Waals surface area (Å²) in [6.07, 6.45) is 3.46. The minimum absolute atomic E-state index is 0.0214. The van der Waals surface area contributed by atoms with Crippen LogP contribution in [0.4, 0.5) is 0 Å². The molecule has 0 aliphatic carbocycles. The molecular weight excluding hydrogens is 230 g/mol. The van der Waals surface area contributed by atoms with Gasteiger partial charge in [0.25, 0.3) is 0 Å². The third-order valence-corrected chi connectivity index (χ3v) is 3.05. The first-order valence-electron chi connectivity index (χ1n) is 6.81. The van der Waals surface area contributed by atoms with Crippen LogP contribution in [0, 0.1) is 0 Å². The van der Waals surface area contributed by atoms with Crippen LogP contribution >= 0.6 is 0 Å². The van der Waals surface area contributed by atoms with E-state index in [1.807, 2.05) is 18.7 Å². The van der Waals surface area contributed by atoms with E-state index in [0.717, 1.165) is 19.4 Å². The number of carbonyl (C=O) groups is 2. The van der Waals surface area contributed by atoms with E-state index >= 15 is 0 Å². The second-order valence-corrected chi connectivity index (χ2v) is 5.32. The molecule has 1 heterocycles. The quantitative estimate of drug-likeness (QED) is 0.756. The highest BCUT2D eigenvalue weighted by atomic mass is 16.2. The lowest BCUT2D eigenvalue weighted by Gasteiger charge is -2.30. The van der Waals surface area contributed by atoms with E-state index in [9.17, 15) is 9.59 Å². The van der Waals surface area contributed by atoms with Gasteiger partial charge < -0.3 is 16.0 Å². The number of amides is 2. The summed E-state index contributed by atoms with van der Waals surface area (Å²) in [4.78, 5) is 25.1. The first kappa shape index (κ1) is 15.0. The Kier molecular flexibility index (Phi) is 6.12. The Balaban J connectivity index is 2.18. The highest BCUT2D eigenvalue weighted by molar-refractivity contribution is 5.79. The van der Waals surface area contributed by atoms with Crippen molar-refractivity contribution in [3.05, 3.63) is 0 Å². The van der Waals surface area contributed by atoms with Gasteiger partial charge in [0, 0.05) is 38.0 Å². The van der Waals surface area contributed by atoms with E-state index < -0.39 is 0 Å². The number of nitrogens with one attached hydrogen (secondary N) is 1. The molecule has 1 aliphatic rings. The maximum Gasteiger partial charge on any atom is 0.222 e. The molecule has 1 atom stereocenters. The summed E-state index contributed by atoms with van der Waals surface area (Å²) in [6, 6.07) is 0.278. The number of piperidine rings is 1. The summed E-state index contributed by atoms with van der Waals surface area (Å²) in [6.45, 7) is 5.33. The van der Waals surface area contributed by atoms with Gasteiger partial charge in [-0.05, 0) is 33.1 Å². The van der Waals surface area contributed by atoms with Gasteiger partial charge in [-0.3, -0.25) is 9.59 Å². The average Bonchev–Trinajstić information content (AvgIpc) is 2.27. The van der Waals surface area contributed by atoms with Gasteiger partial charge in [0.2, 0.25) is 11.8 Å². The molecule has 0 aromatic carbocycles. The van der Waals surface area contributed by atoms with Crippen molar-refractivity contribution in [1.82, 2.24) is 10.2 Å². The van der Waals surface area contributed by atoms with Crippen LogP contribution in [-0.2, 0) is 9.59 Å². The Bertz CT molecular complexity index is 292. The summed E-state index contributed by atoms with van der Waals surface area (Å²) in [7, 11) is 0. The molecule has 1 saturated heterocycles. The number of carbonyl (C=O) groups excluding carboxylic acids is 2. The lowest BCUT2D eigenvalue weighted by molar-refractivity contribution is -0.132. The molecule has 2 amide bonds. The fraction of sp³-hybridized carbons (Fsp3) is 0.846. The number of hydrogen-bond donors (Lipinski definition) is 2. The van der Waals surface area contributed by atoms with Crippen molar-refractivity contribution in [3.63, 3.8) is 0 Å². The van der Waals surface area contributed by atoms with Gasteiger partial charge in [-0.1, -0.05) is 0 Å². The van der Waals surface area contributed by atoms with Crippen molar-refractivity contribution in [2.75, 3.05) is 13.1 Å². The molecule has 1 rings (SSSR count). The minimum Gasteiger partial charge on any atom is -0.354 e. The van der Waals surface area contributed by atoms with E-state index in [0.29, 0.717) is 25.8 Å². The van der Waals surface area contributed by atoms with Crippen molar-refractivity contribution >= 4 is 11.8 Å². The predicted molar refractivity (Wildman–Crippen MR) is 70.9 cm³/mol. The highest BCUT2D eigenvalue weighted by Crippen LogP contribution is 2.10. The molecule has 5 heteroatoms. The van der Waals surface area contributed by atoms with Gasteiger partial charge >= 0.3 is 0 Å². The zero-order chi connectivity index (χ0) is 13.5. The lowest BCUT2D eigenvalue weighted by Crippen LogP contribution is -2.45. The fourth-order valence-corrected chi connectivity index (χ4v) is 2.19. The molecule has 18 heavy (non-hydrogen) atoms. The van der Waals surface area contributed by atoms with Crippen molar-refractivity contribution in [2.24, 2.45) is 5.73 Å². The topological polar surface area (TPSA) is 75.4 Å². The molecule has 104 valence electrons. The van der Waals surface area contributed by atoms with Crippen molar-refractivity contribution in [1.29, 1.82) is 0 Å². The zero-order valence-corrected chi connectivity index (χ0v) is 11.4.